The monoisotopic (exact) mass is 305 g/mol. The highest BCUT2D eigenvalue weighted by atomic mass is 79.9. The Balaban J connectivity index is 2.02. The Bertz CT molecular complexity index is 708. The minimum Gasteiger partial charge on any atom is -0.325 e. The second-order valence-electron chi connectivity index (χ2n) is 4.00. The van der Waals surface area contributed by atoms with Crippen molar-refractivity contribution in [1.82, 2.24) is 14.5 Å². The van der Waals surface area contributed by atoms with Crippen LogP contribution >= 0.6 is 15.9 Å². The lowest BCUT2D eigenvalue weighted by atomic mass is 10.2. The van der Waals surface area contributed by atoms with Gasteiger partial charge in [-0.3, -0.25) is 0 Å². The smallest absolute Gasteiger partial charge is 0.177 e. The van der Waals surface area contributed by atoms with E-state index in [1.165, 1.54) is 12.1 Å². The van der Waals surface area contributed by atoms with E-state index in [1.54, 1.807) is 18.6 Å². The molecular formula is C13H9BrFN3. The van der Waals surface area contributed by atoms with Crippen LogP contribution in [0.15, 0.2) is 47.3 Å². The van der Waals surface area contributed by atoms with Crippen LogP contribution in [0.2, 0.25) is 0 Å². The van der Waals surface area contributed by atoms with Crippen molar-refractivity contribution in [2.75, 3.05) is 0 Å². The van der Waals surface area contributed by atoms with Gasteiger partial charge in [0.15, 0.2) is 5.65 Å². The average molecular weight is 306 g/mol. The zero-order chi connectivity index (χ0) is 12.5. The SMILES string of the molecule is Fc1cccc(Cn2cnc3ncc(Br)cc32)c1. The largest absolute Gasteiger partial charge is 0.325 e. The van der Waals surface area contributed by atoms with Gasteiger partial charge < -0.3 is 4.57 Å². The molecule has 0 unspecified atom stereocenters. The number of pyridine rings is 1. The molecule has 1 aromatic carbocycles. The van der Waals surface area contributed by atoms with Crippen molar-refractivity contribution < 1.29 is 4.39 Å². The summed E-state index contributed by atoms with van der Waals surface area (Å²) in [5.41, 5.74) is 2.51. The van der Waals surface area contributed by atoms with Gasteiger partial charge in [0, 0.05) is 17.2 Å². The lowest BCUT2D eigenvalue weighted by Gasteiger charge is -2.04. The first-order valence-electron chi connectivity index (χ1n) is 5.43. The number of imidazole rings is 1. The Hall–Kier alpha value is -1.75. The van der Waals surface area contributed by atoms with Gasteiger partial charge in [-0.1, -0.05) is 12.1 Å². The highest BCUT2D eigenvalue weighted by Gasteiger charge is 2.05. The molecule has 2 heterocycles. The minimum atomic E-state index is -0.226. The van der Waals surface area contributed by atoms with E-state index in [1.807, 2.05) is 16.7 Å². The number of fused-ring (bicyclic) bond motifs is 1. The second-order valence-corrected chi connectivity index (χ2v) is 4.91. The minimum absolute atomic E-state index is 0.226. The molecule has 3 nitrogen and oxygen atoms in total. The fourth-order valence-electron chi connectivity index (χ4n) is 1.88. The predicted octanol–water partition coefficient (Wildman–Crippen LogP) is 3.38. The van der Waals surface area contributed by atoms with Crippen molar-refractivity contribution in [2.24, 2.45) is 0 Å². The van der Waals surface area contributed by atoms with Crippen LogP contribution in [0.4, 0.5) is 4.39 Å². The number of nitrogens with zero attached hydrogens (tertiary/aromatic N) is 3. The topological polar surface area (TPSA) is 30.7 Å². The van der Waals surface area contributed by atoms with E-state index in [4.69, 9.17) is 0 Å². The lowest BCUT2D eigenvalue weighted by molar-refractivity contribution is 0.624. The molecule has 0 N–H and O–H groups in total. The third-order valence-corrected chi connectivity index (χ3v) is 3.12. The van der Waals surface area contributed by atoms with E-state index in [-0.39, 0.29) is 5.82 Å². The van der Waals surface area contributed by atoms with Crippen LogP contribution in [0.5, 0.6) is 0 Å². The molecule has 0 saturated heterocycles. The number of hydrogen-bond acceptors (Lipinski definition) is 2. The molecule has 0 bridgehead atoms. The van der Waals surface area contributed by atoms with Gasteiger partial charge in [-0.25, -0.2) is 14.4 Å². The van der Waals surface area contributed by atoms with E-state index in [0.717, 1.165) is 15.6 Å². The molecule has 5 heteroatoms. The maximum absolute atomic E-state index is 13.1. The Morgan fingerprint density at radius 1 is 1.22 bits per heavy atom. The van der Waals surface area contributed by atoms with Crippen molar-refractivity contribution in [3.63, 3.8) is 0 Å². The predicted molar refractivity (Wildman–Crippen MR) is 70.7 cm³/mol. The first kappa shape index (κ1) is 11.3. The third kappa shape index (κ3) is 2.13. The molecule has 0 aliphatic carbocycles. The summed E-state index contributed by atoms with van der Waals surface area (Å²) in [5.74, 6) is -0.226. The molecule has 0 atom stereocenters. The maximum atomic E-state index is 13.1. The first-order valence-corrected chi connectivity index (χ1v) is 6.22. The van der Waals surface area contributed by atoms with Gasteiger partial charge in [0.25, 0.3) is 0 Å². The summed E-state index contributed by atoms with van der Waals surface area (Å²) >= 11 is 3.38. The van der Waals surface area contributed by atoms with E-state index in [2.05, 4.69) is 25.9 Å². The molecule has 0 aliphatic heterocycles. The van der Waals surface area contributed by atoms with E-state index >= 15 is 0 Å². The Morgan fingerprint density at radius 3 is 2.94 bits per heavy atom. The summed E-state index contributed by atoms with van der Waals surface area (Å²) in [5, 5.41) is 0. The van der Waals surface area contributed by atoms with Crippen LogP contribution in [0.3, 0.4) is 0 Å². The molecule has 18 heavy (non-hydrogen) atoms. The van der Waals surface area contributed by atoms with Crippen molar-refractivity contribution >= 4 is 27.1 Å². The van der Waals surface area contributed by atoms with Gasteiger partial charge in [-0.2, -0.15) is 0 Å². The van der Waals surface area contributed by atoms with Crippen LogP contribution in [0, 0.1) is 5.82 Å². The molecule has 0 amide bonds. The maximum Gasteiger partial charge on any atom is 0.177 e. The number of benzene rings is 1. The van der Waals surface area contributed by atoms with Crippen LogP contribution in [-0.4, -0.2) is 14.5 Å². The highest BCUT2D eigenvalue weighted by molar-refractivity contribution is 9.10. The molecule has 0 fully saturated rings. The molecule has 0 radical (unpaired) electrons. The molecule has 0 aliphatic rings. The zero-order valence-corrected chi connectivity index (χ0v) is 10.9. The molecular weight excluding hydrogens is 297 g/mol. The molecule has 0 spiro atoms. The van der Waals surface area contributed by atoms with Crippen molar-refractivity contribution in [2.45, 2.75) is 6.54 Å². The average Bonchev–Trinajstić information content (AvgIpc) is 2.72. The van der Waals surface area contributed by atoms with Gasteiger partial charge in [-0.15, -0.1) is 0 Å². The molecule has 3 rings (SSSR count). The van der Waals surface area contributed by atoms with Crippen LogP contribution in [0.25, 0.3) is 11.2 Å². The van der Waals surface area contributed by atoms with Crippen molar-refractivity contribution in [3.05, 3.63) is 58.7 Å². The summed E-state index contributed by atoms with van der Waals surface area (Å²) in [6.45, 7) is 0.576. The fraction of sp³-hybridized carbons (Fsp3) is 0.0769. The zero-order valence-electron chi connectivity index (χ0n) is 9.35. The van der Waals surface area contributed by atoms with E-state index in [9.17, 15) is 4.39 Å². The second kappa shape index (κ2) is 4.49. The Kier molecular flexibility index (Phi) is 2.83. The van der Waals surface area contributed by atoms with E-state index < -0.39 is 0 Å². The lowest BCUT2D eigenvalue weighted by Crippen LogP contribution is -1.98. The van der Waals surface area contributed by atoms with Gasteiger partial charge in [0.2, 0.25) is 0 Å². The molecule has 0 saturated carbocycles. The quantitative estimate of drug-likeness (QED) is 0.726. The normalized spacial score (nSPS) is 11.0. The third-order valence-electron chi connectivity index (χ3n) is 2.68. The summed E-state index contributed by atoms with van der Waals surface area (Å²) in [7, 11) is 0. The summed E-state index contributed by atoms with van der Waals surface area (Å²) in [4.78, 5) is 8.42. The Labute approximate surface area is 111 Å². The number of hydrogen-bond donors (Lipinski definition) is 0. The molecule has 3 aromatic rings. The number of halogens is 2. The fourth-order valence-corrected chi connectivity index (χ4v) is 2.20. The highest BCUT2D eigenvalue weighted by Crippen LogP contribution is 2.17. The summed E-state index contributed by atoms with van der Waals surface area (Å²) in [6, 6.07) is 8.51. The van der Waals surface area contributed by atoms with Crippen LogP contribution in [0.1, 0.15) is 5.56 Å². The van der Waals surface area contributed by atoms with Crippen LogP contribution < -0.4 is 0 Å². The van der Waals surface area contributed by atoms with Crippen molar-refractivity contribution in [1.29, 1.82) is 0 Å². The number of rotatable bonds is 2. The van der Waals surface area contributed by atoms with Gasteiger partial charge >= 0.3 is 0 Å². The number of aromatic nitrogens is 3. The van der Waals surface area contributed by atoms with Gasteiger partial charge in [0.05, 0.1) is 11.8 Å². The molecule has 90 valence electrons. The summed E-state index contributed by atoms with van der Waals surface area (Å²) in [6.07, 6.45) is 3.43. The molecule has 2 aromatic heterocycles. The van der Waals surface area contributed by atoms with Crippen molar-refractivity contribution in [3.8, 4) is 0 Å². The summed E-state index contributed by atoms with van der Waals surface area (Å²) < 4.78 is 16.0. The van der Waals surface area contributed by atoms with Crippen LogP contribution in [-0.2, 0) is 6.54 Å². The first-order chi connectivity index (χ1) is 8.72. The Morgan fingerprint density at radius 2 is 2.11 bits per heavy atom. The van der Waals surface area contributed by atoms with Gasteiger partial charge in [-0.05, 0) is 39.7 Å². The van der Waals surface area contributed by atoms with Gasteiger partial charge in [0.1, 0.15) is 5.82 Å². The van der Waals surface area contributed by atoms with E-state index in [0.29, 0.717) is 12.2 Å². The standard InChI is InChI=1S/C13H9BrFN3/c14-10-5-12-13(16-6-10)17-8-18(12)7-9-2-1-3-11(15)4-9/h1-6,8H,7H2.